The van der Waals surface area contributed by atoms with Crippen molar-refractivity contribution in [1.29, 1.82) is 0 Å². The molecule has 0 radical (unpaired) electrons. The van der Waals surface area contributed by atoms with E-state index in [2.05, 4.69) is 27.3 Å². The number of H-pyrrole nitrogens is 1. The maximum absolute atomic E-state index is 6.12. The van der Waals surface area contributed by atoms with Crippen LogP contribution in [0, 0.1) is 0 Å². The Balaban J connectivity index is 1.80. The van der Waals surface area contributed by atoms with E-state index in [1.54, 1.807) is 0 Å². The van der Waals surface area contributed by atoms with Crippen LogP contribution in [0.25, 0.3) is 11.5 Å². The predicted molar refractivity (Wildman–Crippen MR) is 87.6 cm³/mol. The summed E-state index contributed by atoms with van der Waals surface area (Å²) in [5, 5.41) is 16.2. The summed E-state index contributed by atoms with van der Waals surface area (Å²) in [7, 11) is 0. The van der Waals surface area contributed by atoms with Crippen LogP contribution in [0.1, 0.15) is 43.1 Å². The minimum atomic E-state index is -0.0185. The molecule has 1 aliphatic carbocycles. The van der Waals surface area contributed by atoms with Gasteiger partial charge in [0.1, 0.15) is 0 Å². The molecule has 0 bridgehead atoms. The second-order valence-corrected chi connectivity index (χ2v) is 6.50. The van der Waals surface area contributed by atoms with Crippen molar-refractivity contribution in [1.82, 2.24) is 30.2 Å². The van der Waals surface area contributed by atoms with Gasteiger partial charge in [0.2, 0.25) is 0 Å². The fourth-order valence-corrected chi connectivity index (χ4v) is 2.82. The molecule has 0 saturated heterocycles. The van der Waals surface area contributed by atoms with E-state index in [1.807, 2.05) is 28.9 Å². The molecule has 0 amide bonds. The van der Waals surface area contributed by atoms with Crippen LogP contribution in [-0.2, 0) is 0 Å². The molecule has 1 N–H and O–H groups in total. The van der Waals surface area contributed by atoms with Gasteiger partial charge in [0, 0.05) is 10.9 Å². The Morgan fingerprint density at radius 1 is 1.17 bits per heavy atom. The number of nitrogens with zero attached hydrogens (tertiary/aromatic N) is 5. The van der Waals surface area contributed by atoms with Gasteiger partial charge in [-0.1, -0.05) is 35.3 Å². The Morgan fingerprint density at radius 3 is 2.52 bits per heavy atom. The Morgan fingerprint density at radius 2 is 1.91 bits per heavy atom. The van der Waals surface area contributed by atoms with E-state index in [4.69, 9.17) is 28.3 Å². The second kappa shape index (κ2) is 5.62. The first-order valence-corrected chi connectivity index (χ1v) is 8.17. The molecule has 3 aromatic rings. The highest BCUT2D eigenvalue weighted by Gasteiger charge is 2.31. The van der Waals surface area contributed by atoms with Gasteiger partial charge < -0.3 is 0 Å². The van der Waals surface area contributed by atoms with Crippen LogP contribution in [-0.4, -0.2) is 30.2 Å². The Bertz CT molecular complexity index is 834. The van der Waals surface area contributed by atoms with Crippen molar-refractivity contribution >= 4 is 23.2 Å². The van der Waals surface area contributed by atoms with Gasteiger partial charge in [0.05, 0.1) is 6.04 Å². The average molecular weight is 349 g/mol. The third kappa shape index (κ3) is 2.72. The summed E-state index contributed by atoms with van der Waals surface area (Å²) in [6.45, 7) is 2.06. The number of aromatic amines is 1. The van der Waals surface area contributed by atoms with Gasteiger partial charge in [0.15, 0.2) is 22.5 Å². The first-order chi connectivity index (χ1) is 11.1. The Kier molecular flexibility index (Phi) is 3.58. The van der Waals surface area contributed by atoms with Crippen LogP contribution in [0.15, 0.2) is 24.3 Å². The lowest BCUT2D eigenvalue weighted by atomic mass is 10.1. The van der Waals surface area contributed by atoms with E-state index >= 15 is 0 Å². The number of hydrogen-bond acceptors (Lipinski definition) is 4. The first-order valence-electron chi connectivity index (χ1n) is 7.42. The summed E-state index contributed by atoms with van der Waals surface area (Å²) < 4.78 is 1.86. The van der Waals surface area contributed by atoms with Gasteiger partial charge >= 0.3 is 0 Å². The fraction of sp³-hybridized carbons (Fsp3) is 0.333. The lowest BCUT2D eigenvalue weighted by Gasteiger charge is -2.14. The fourth-order valence-electron chi connectivity index (χ4n) is 2.53. The lowest BCUT2D eigenvalue weighted by Crippen LogP contribution is -2.11. The number of rotatable bonds is 4. The molecule has 1 aromatic carbocycles. The summed E-state index contributed by atoms with van der Waals surface area (Å²) in [4.78, 5) is 4.66. The zero-order valence-electron chi connectivity index (χ0n) is 12.4. The third-order valence-corrected chi connectivity index (χ3v) is 4.54. The van der Waals surface area contributed by atoms with E-state index in [-0.39, 0.29) is 6.04 Å². The minimum absolute atomic E-state index is 0.0185. The van der Waals surface area contributed by atoms with Crippen LogP contribution in [0.5, 0.6) is 0 Å². The Hall–Kier alpha value is -1.92. The van der Waals surface area contributed by atoms with Crippen molar-refractivity contribution in [2.24, 2.45) is 0 Å². The van der Waals surface area contributed by atoms with Crippen molar-refractivity contribution in [3.63, 3.8) is 0 Å². The molecule has 1 unspecified atom stereocenters. The number of benzene rings is 1. The summed E-state index contributed by atoms with van der Waals surface area (Å²) in [6, 6.07) is 7.69. The number of aromatic nitrogens is 6. The van der Waals surface area contributed by atoms with E-state index in [0.29, 0.717) is 27.6 Å². The van der Waals surface area contributed by atoms with Gasteiger partial charge in [0.25, 0.3) is 0 Å². The monoisotopic (exact) mass is 348 g/mol. The van der Waals surface area contributed by atoms with Crippen LogP contribution in [0.2, 0.25) is 10.2 Å². The summed E-state index contributed by atoms with van der Waals surface area (Å²) in [5.41, 5.74) is 1.61. The highest BCUT2D eigenvalue weighted by atomic mass is 35.5. The molecular formula is C15H14Cl2N6. The molecule has 1 aliphatic rings. The van der Waals surface area contributed by atoms with Crippen molar-refractivity contribution in [3.8, 4) is 11.5 Å². The molecule has 4 rings (SSSR count). The third-order valence-electron chi connectivity index (χ3n) is 4.03. The Labute approximate surface area is 142 Å². The first kappa shape index (κ1) is 14.7. The lowest BCUT2D eigenvalue weighted by molar-refractivity contribution is 0.562. The van der Waals surface area contributed by atoms with Crippen molar-refractivity contribution in [2.45, 2.75) is 31.7 Å². The van der Waals surface area contributed by atoms with E-state index in [1.165, 1.54) is 0 Å². The second-order valence-electron chi connectivity index (χ2n) is 5.70. The average Bonchev–Trinajstić information content (AvgIpc) is 3.17. The smallest absolute Gasteiger partial charge is 0.182 e. The summed E-state index contributed by atoms with van der Waals surface area (Å²) in [6.07, 6.45) is 2.26. The summed E-state index contributed by atoms with van der Waals surface area (Å²) >= 11 is 12.1. The normalized spacial score (nSPS) is 15.8. The number of halogens is 2. The predicted octanol–water partition coefficient (Wildman–Crippen LogP) is 3.86. The van der Waals surface area contributed by atoms with Crippen LogP contribution in [0.3, 0.4) is 0 Å². The van der Waals surface area contributed by atoms with E-state index in [9.17, 15) is 0 Å². The number of hydrogen-bond donors (Lipinski definition) is 1. The zero-order chi connectivity index (χ0) is 16.0. The maximum atomic E-state index is 6.12. The van der Waals surface area contributed by atoms with Crippen molar-refractivity contribution < 1.29 is 0 Å². The zero-order valence-corrected chi connectivity index (χ0v) is 13.9. The molecule has 0 aliphatic heterocycles. The topological polar surface area (TPSA) is 72.3 Å². The van der Waals surface area contributed by atoms with Crippen LogP contribution in [0.4, 0.5) is 0 Å². The molecule has 118 valence electrons. The minimum Gasteiger partial charge on any atom is -0.237 e. The molecule has 2 heterocycles. The molecule has 6 nitrogen and oxygen atoms in total. The van der Waals surface area contributed by atoms with Gasteiger partial charge in [-0.15, -0.1) is 5.10 Å². The molecular weight excluding hydrogens is 335 g/mol. The van der Waals surface area contributed by atoms with Crippen LogP contribution >= 0.6 is 23.2 Å². The molecule has 23 heavy (non-hydrogen) atoms. The standard InChI is InChI=1S/C15H14Cl2N6/c1-8(9-4-6-11(16)7-5-9)23-15(12-13(17)20-22-19-12)18-14(21-23)10-2-3-10/h4-8,10H,2-3H2,1H3,(H,19,20,22). The van der Waals surface area contributed by atoms with Gasteiger partial charge in [-0.25, -0.2) is 9.67 Å². The van der Waals surface area contributed by atoms with Crippen molar-refractivity contribution in [3.05, 3.63) is 45.8 Å². The SMILES string of the molecule is CC(c1ccc(Cl)cc1)n1nc(C2CC2)nc1-c1n[nH]nc1Cl. The largest absolute Gasteiger partial charge is 0.237 e. The molecule has 1 saturated carbocycles. The molecule has 2 aromatic heterocycles. The van der Waals surface area contributed by atoms with Crippen LogP contribution < -0.4 is 0 Å². The van der Waals surface area contributed by atoms with Gasteiger partial charge in [-0.3, -0.25) is 0 Å². The highest BCUT2D eigenvalue weighted by molar-refractivity contribution is 6.31. The molecule has 1 atom stereocenters. The quantitative estimate of drug-likeness (QED) is 0.776. The summed E-state index contributed by atoms with van der Waals surface area (Å²) in [5.74, 6) is 1.92. The van der Waals surface area contributed by atoms with Gasteiger partial charge in [-0.05, 0) is 37.5 Å². The van der Waals surface area contributed by atoms with E-state index in [0.717, 1.165) is 24.2 Å². The van der Waals surface area contributed by atoms with E-state index < -0.39 is 0 Å². The number of nitrogens with one attached hydrogen (secondary N) is 1. The highest BCUT2D eigenvalue weighted by Crippen LogP contribution is 2.40. The van der Waals surface area contributed by atoms with Crippen molar-refractivity contribution in [2.75, 3.05) is 0 Å². The molecule has 8 heteroatoms. The maximum Gasteiger partial charge on any atom is 0.182 e. The molecule has 0 spiro atoms. The molecule has 1 fully saturated rings. The van der Waals surface area contributed by atoms with Gasteiger partial charge in [-0.2, -0.15) is 15.4 Å².